The first-order chi connectivity index (χ1) is 14.2. The number of hydrogen-bond acceptors (Lipinski definition) is 6. The zero-order valence-corrected chi connectivity index (χ0v) is 20.2. The highest BCUT2D eigenvalue weighted by molar-refractivity contribution is 9.10. The van der Waals surface area contributed by atoms with Crippen molar-refractivity contribution in [2.24, 2.45) is 11.8 Å². The number of rotatable bonds is 8. The summed E-state index contributed by atoms with van der Waals surface area (Å²) in [7, 11) is 0. The van der Waals surface area contributed by atoms with Crippen molar-refractivity contribution in [3.05, 3.63) is 43.1 Å². The van der Waals surface area contributed by atoms with Gasteiger partial charge in [-0.05, 0) is 65.9 Å². The second-order valence-electron chi connectivity index (χ2n) is 7.87. The Morgan fingerprint density at radius 3 is 2.90 bits per heavy atom. The fourth-order valence-electron chi connectivity index (χ4n) is 3.68. The molecule has 1 fully saturated rings. The number of nitrogen functional groups attached to an aromatic ring is 1. The number of nitrogens with two attached hydrogens (primary N) is 1. The van der Waals surface area contributed by atoms with Crippen LogP contribution in [0.5, 0.6) is 0 Å². The van der Waals surface area contributed by atoms with Gasteiger partial charge in [-0.15, -0.1) is 11.3 Å². The first-order valence-electron chi connectivity index (χ1n) is 9.92. The van der Waals surface area contributed by atoms with E-state index in [0.29, 0.717) is 18.3 Å². The average molecular weight is 514 g/mol. The second-order valence-corrected chi connectivity index (χ2v) is 10.5. The average Bonchev–Trinajstić information content (AvgIpc) is 3.27. The van der Waals surface area contributed by atoms with Crippen molar-refractivity contribution in [2.45, 2.75) is 45.7 Å². The molecule has 0 bridgehead atoms. The fraction of sp³-hybridized carbons (Fsp3) is 0.476. The number of ketones is 1. The Kier molecular flexibility index (Phi) is 7.90. The first kappa shape index (κ1) is 23.2. The summed E-state index contributed by atoms with van der Waals surface area (Å²) in [6, 6.07) is 5.43. The van der Waals surface area contributed by atoms with Crippen LogP contribution in [0, 0.1) is 18.8 Å². The van der Waals surface area contributed by atoms with Crippen LogP contribution in [0.25, 0.3) is 0 Å². The molecule has 3 heterocycles. The number of hydrogen-bond donors (Lipinski definition) is 3. The van der Waals surface area contributed by atoms with E-state index < -0.39 is 0 Å². The molecule has 0 spiro atoms. The third-order valence-electron chi connectivity index (χ3n) is 5.42. The van der Waals surface area contributed by atoms with Gasteiger partial charge in [0.25, 0.3) is 0 Å². The van der Waals surface area contributed by atoms with E-state index in [4.69, 9.17) is 17.3 Å². The van der Waals surface area contributed by atoms with Gasteiger partial charge in [0.15, 0.2) is 5.78 Å². The van der Waals surface area contributed by atoms with Gasteiger partial charge in [0.05, 0.1) is 6.04 Å². The van der Waals surface area contributed by atoms with Gasteiger partial charge in [-0.2, -0.15) is 0 Å². The predicted octanol–water partition coefficient (Wildman–Crippen LogP) is 3.88. The Hall–Kier alpha value is -1.48. The normalized spacial score (nSPS) is 19.6. The van der Waals surface area contributed by atoms with Crippen molar-refractivity contribution in [1.29, 1.82) is 0 Å². The van der Waals surface area contributed by atoms with Gasteiger partial charge in [-0.1, -0.05) is 24.6 Å². The molecule has 30 heavy (non-hydrogen) atoms. The zero-order chi connectivity index (χ0) is 21.8. The lowest BCUT2D eigenvalue weighted by atomic mass is 9.94. The number of halogens is 2. The molecule has 1 saturated heterocycles. The van der Waals surface area contributed by atoms with Crippen LogP contribution in [0.1, 0.15) is 35.9 Å². The quantitative estimate of drug-likeness (QED) is 0.498. The lowest BCUT2D eigenvalue weighted by molar-refractivity contribution is -0.129. The number of thiophene rings is 1. The maximum absolute atomic E-state index is 12.7. The van der Waals surface area contributed by atoms with Gasteiger partial charge < -0.3 is 16.4 Å². The molecule has 1 aliphatic rings. The number of amides is 1. The molecule has 9 heteroatoms. The van der Waals surface area contributed by atoms with Gasteiger partial charge in [-0.3, -0.25) is 9.59 Å². The number of aromatic nitrogens is 1. The molecule has 0 saturated carbocycles. The van der Waals surface area contributed by atoms with Gasteiger partial charge in [-0.25, -0.2) is 4.98 Å². The summed E-state index contributed by atoms with van der Waals surface area (Å²) in [5, 5.41) is 6.22. The van der Waals surface area contributed by atoms with Gasteiger partial charge in [0.1, 0.15) is 10.2 Å². The first-order valence-corrected chi connectivity index (χ1v) is 11.9. The van der Waals surface area contributed by atoms with E-state index in [0.717, 1.165) is 39.5 Å². The third kappa shape index (κ3) is 6.03. The molecule has 3 rings (SSSR count). The Bertz CT molecular complexity index is 916. The van der Waals surface area contributed by atoms with Crippen LogP contribution >= 0.6 is 38.9 Å². The molecule has 3 atom stereocenters. The molecular formula is C21H26BrClN4O2S. The molecule has 2 aromatic heterocycles. The van der Waals surface area contributed by atoms with Crippen LogP contribution in [0.3, 0.4) is 0 Å². The maximum Gasteiger partial charge on any atom is 0.223 e. The summed E-state index contributed by atoms with van der Waals surface area (Å²) in [6.45, 7) is 4.82. The largest absolute Gasteiger partial charge is 0.384 e. The minimum atomic E-state index is -0.382. The number of carbonyl (C=O) groups excluding carboxylic acids is 2. The Morgan fingerprint density at radius 2 is 2.23 bits per heavy atom. The lowest BCUT2D eigenvalue weighted by Crippen LogP contribution is -2.35. The number of nitrogens with zero attached hydrogens (tertiary/aromatic N) is 1. The Balaban J connectivity index is 1.45. The van der Waals surface area contributed by atoms with E-state index in [1.807, 2.05) is 19.1 Å². The predicted molar refractivity (Wildman–Crippen MR) is 125 cm³/mol. The minimum absolute atomic E-state index is 0.0934. The summed E-state index contributed by atoms with van der Waals surface area (Å²) in [4.78, 5) is 30.5. The maximum atomic E-state index is 12.7. The van der Waals surface area contributed by atoms with Crippen LogP contribution in [-0.2, 0) is 22.6 Å². The van der Waals surface area contributed by atoms with Crippen molar-refractivity contribution in [2.75, 3.05) is 12.3 Å². The molecule has 6 nitrogen and oxygen atoms in total. The molecule has 2 aromatic rings. The number of Topliss-reactive ketones (excluding diaryl/α,β-unsaturated/α-hetero) is 1. The Morgan fingerprint density at radius 1 is 1.47 bits per heavy atom. The van der Waals surface area contributed by atoms with E-state index in [2.05, 4.69) is 31.5 Å². The topological polar surface area (TPSA) is 97.1 Å². The molecule has 0 aromatic carbocycles. The minimum Gasteiger partial charge on any atom is -0.384 e. The van der Waals surface area contributed by atoms with Crippen molar-refractivity contribution in [1.82, 2.24) is 15.6 Å². The summed E-state index contributed by atoms with van der Waals surface area (Å²) in [5.41, 5.74) is 7.36. The zero-order valence-electron chi connectivity index (χ0n) is 17.0. The Labute approximate surface area is 194 Å². The van der Waals surface area contributed by atoms with Crippen LogP contribution in [-0.4, -0.2) is 29.3 Å². The van der Waals surface area contributed by atoms with Crippen molar-refractivity contribution in [3.63, 3.8) is 0 Å². The number of aryl methyl sites for hydroxylation is 1. The van der Waals surface area contributed by atoms with Crippen molar-refractivity contribution >= 4 is 56.4 Å². The number of nitrogens with one attached hydrogen (secondary N) is 2. The van der Waals surface area contributed by atoms with Gasteiger partial charge in [0, 0.05) is 33.9 Å². The number of anilines is 1. The lowest BCUT2D eigenvalue weighted by Gasteiger charge is -2.15. The summed E-state index contributed by atoms with van der Waals surface area (Å²) >= 11 is 11.1. The smallest absolute Gasteiger partial charge is 0.223 e. The van der Waals surface area contributed by atoms with Gasteiger partial charge in [0.2, 0.25) is 5.91 Å². The monoisotopic (exact) mass is 512 g/mol. The second kappa shape index (κ2) is 10.2. The highest BCUT2D eigenvalue weighted by atomic mass is 79.9. The highest BCUT2D eigenvalue weighted by Gasteiger charge is 2.31. The molecule has 1 amide bonds. The summed E-state index contributed by atoms with van der Waals surface area (Å²) in [5.74, 6) is 0.431. The SMILES string of the molecule is Cc1nc(N)ccc1CNC(=O)[C@H](C)CC(=O)[C@H]1C[C@H](Cc2cc(Br)c(Cl)s2)CN1. The van der Waals surface area contributed by atoms with E-state index in [1.54, 1.807) is 24.3 Å². The highest BCUT2D eigenvalue weighted by Crippen LogP contribution is 2.34. The van der Waals surface area contributed by atoms with Crippen LogP contribution in [0.15, 0.2) is 22.7 Å². The van der Waals surface area contributed by atoms with Crippen LogP contribution in [0.4, 0.5) is 5.82 Å². The van der Waals surface area contributed by atoms with E-state index in [9.17, 15) is 9.59 Å². The van der Waals surface area contributed by atoms with Crippen molar-refractivity contribution in [3.8, 4) is 0 Å². The number of pyridine rings is 1. The van der Waals surface area contributed by atoms with Crippen molar-refractivity contribution < 1.29 is 9.59 Å². The molecule has 0 radical (unpaired) electrons. The third-order valence-corrected chi connectivity index (χ3v) is 7.92. The molecule has 1 aliphatic heterocycles. The van der Waals surface area contributed by atoms with Gasteiger partial charge >= 0.3 is 0 Å². The fourth-order valence-corrected chi connectivity index (χ4v) is 5.58. The molecular weight excluding hydrogens is 488 g/mol. The summed E-state index contributed by atoms with van der Waals surface area (Å²) in [6.07, 6.45) is 1.92. The molecule has 0 unspecified atom stereocenters. The summed E-state index contributed by atoms with van der Waals surface area (Å²) < 4.78 is 1.68. The van der Waals surface area contributed by atoms with E-state index in [-0.39, 0.29) is 30.1 Å². The van der Waals surface area contributed by atoms with Crippen LogP contribution in [0.2, 0.25) is 4.34 Å². The molecule has 0 aliphatic carbocycles. The van der Waals surface area contributed by atoms with Crippen LogP contribution < -0.4 is 16.4 Å². The molecule has 162 valence electrons. The van der Waals surface area contributed by atoms with E-state index in [1.165, 1.54) is 4.88 Å². The standard InChI is InChI=1S/C21H26BrClN4O2S/c1-11(21(29)26-10-14-3-4-19(24)27-12(14)2)5-18(28)17-7-13(9-25-17)6-15-8-16(22)20(23)30-15/h3-4,8,11,13,17,25H,5-7,9-10H2,1-2H3,(H2,24,27)(H,26,29)/t11-,13+,17-/m1/s1. The molecule has 4 N–H and O–H groups in total. The van der Waals surface area contributed by atoms with E-state index >= 15 is 0 Å². The number of carbonyl (C=O) groups is 2.